The van der Waals surface area contributed by atoms with E-state index in [9.17, 15) is 4.79 Å². The molecule has 1 saturated heterocycles. The number of primary amides is 1. The lowest BCUT2D eigenvalue weighted by Crippen LogP contribution is -2.51. The molecule has 2 N–H and O–H groups in total. The van der Waals surface area contributed by atoms with Gasteiger partial charge in [0, 0.05) is 36.6 Å². The number of aryl methyl sites for hydroxylation is 1. The van der Waals surface area contributed by atoms with Gasteiger partial charge in [-0.05, 0) is 69.9 Å². The van der Waals surface area contributed by atoms with Gasteiger partial charge < -0.3 is 15.2 Å². The first kappa shape index (κ1) is 21.2. The van der Waals surface area contributed by atoms with Crippen LogP contribution in [0.25, 0.3) is 10.2 Å². The second-order valence-corrected chi connectivity index (χ2v) is 10.7. The number of rotatable bonds is 5. The van der Waals surface area contributed by atoms with E-state index in [0.717, 1.165) is 54.7 Å². The van der Waals surface area contributed by atoms with E-state index in [1.807, 2.05) is 12.3 Å². The highest BCUT2D eigenvalue weighted by Gasteiger charge is 2.33. The number of aromatic nitrogens is 1. The number of fused-ring (bicyclic) bond motifs is 3. The summed E-state index contributed by atoms with van der Waals surface area (Å²) in [7, 11) is 0. The summed E-state index contributed by atoms with van der Waals surface area (Å²) in [6.45, 7) is 6.43. The average Bonchev–Trinajstić information content (AvgIpc) is 3.27. The smallest absolute Gasteiger partial charge is 0.218 e. The first-order chi connectivity index (χ1) is 15.0. The van der Waals surface area contributed by atoms with Crippen LogP contribution in [-0.4, -0.2) is 53.2 Å². The van der Waals surface area contributed by atoms with Gasteiger partial charge in [0.1, 0.15) is 10.6 Å². The van der Waals surface area contributed by atoms with Crippen molar-refractivity contribution in [2.75, 3.05) is 13.1 Å². The van der Waals surface area contributed by atoms with Crippen LogP contribution < -0.4 is 10.5 Å². The summed E-state index contributed by atoms with van der Waals surface area (Å²) in [5.74, 6) is 0.915. The van der Waals surface area contributed by atoms with E-state index in [1.54, 1.807) is 11.3 Å². The number of thiophene rings is 1. The molecule has 2 aromatic heterocycles. The molecule has 1 saturated carbocycles. The molecule has 168 valence electrons. The number of hydrogen-bond donors (Lipinski definition) is 1. The lowest BCUT2D eigenvalue weighted by molar-refractivity contribution is -0.118. The van der Waals surface area contributed by atoms with Gasteiger partial charge in [-0.1, -0.05) is 0 Å². The average molecular weight is 444 g/mol. The van der Waals surface area contributed by atoms with Crippen molar-refractivity contribution < 1.29 is 14.3 Å². The molecule has 0 radical (unpaired) electrons. The SMILES string of the molecule is C[C@@H]1CN(C2CCC(Oc3ccnc4sc5c(c34)[C@@H](CC(N)=O)CC5)CC2)C[C@@H](C)O1. The van der Waals surface area contributed by atoms with Gasteiger partial charge in [-0.25, -0.2) is 4.98 Å². The van der Waals surface area contributed by atoms with E-state index in [2.05, 4.69) is 23.7 Å². The summed E-state index contributed by atoms with van der Waals surface area (Å²) >= 11 is 1.75. The van der Waals surface area contributed by atoms with Crippen LogP contribution in [0.1, 0.15) is 68.7 Å². The van der Waals surface area contributed by atoms with E-state index in [1.165, 1.54) is 23.3 Å². The van der Waals surface area contributed by atoms with Crippen molar-refractivity contribution in [3.05, 3.63) is 22.7 Å². The van der Waals surface area contributed by atoms with Crippen LogP contribution in [0.5, 0.6) is 5.75 Å². The number of carbonyl (C=O) groups excluding carboxylic acids is 1. The van der Waals surface area contributed by atoms with E-state index < -0.39 is 0 Å². The van der Waals surface area contributed by atoms with Crippen molar-refractivity contribution in [1.29, 1.82) is 0 Å². The molecule has 3 aliphatic rings. The number of ether oxygens (including phenoxy) is 2. The molecule has 1 aliphatic heterocycles. The van der Waals surface area contributed by atoms with Crippen LogP contribution in [0.4, 0.5) is 0 Å². The quantitative estimate of drug-likeness (QED) is 0.756. The number of carbonyl (C=O) groups is 1. The monoisotopic (exact) mass is 443 g/mol. The molecule has 31 heavy (non-hydrogen) atoms. The second kappa shape index (κ2) is 8.68. The van der Waals surface area contributed by atoms with Crippen molar-refractivity contribution in [3.63, 3.8) is 0 Å². The van der Waals surface area contributed by atoms with E-state index in [0.29, 0.717) is 24.7 Å². The van der Waals surface area contributed by atoms with Crippen molar-refractivity contribution in [3.8, 4) is 5.75 Å². The minimum absolute atomic E-state index is 0.203. The van der Waals surface area contributed by atoms with Crippen LogP contribution in [0.3, 0.4) is 0 Å². The van der Waals surface area contributed by atoms with Crippen LogP contribution in [0.15, 0.2) is 12.3 Å². The zero-order valence-electron chi connectivity index (χ0n) is 18.5. The van der Waals surface area contributed by atoms with Gasteiger partial charge in [0.15, 0.2) is 0 Å². The fraction of sp³-hybridized carbons (Fsp3) is 0.667. The molecule has 0 spiro atoms. The minimum atomic E-state index is -0.228. The van der Waals surface area contributed by atoms with Crippen molar-refractivity contribution in [1.82, 2.24) is 9.88 Å². The molecule has 0 unspecified atom stereocenters. The standard InChI is InChI=1S/C24H33N3O3S/c1-14-12-27(13-15(2)29-14)17-4-6-18(7-5-17)30-19-9-10-26-24-23(19)22-16(11-21(25)28)3-8-20(22)31-24/h9-10,14-18H,3-8,11-13H2,1-2H3,(H2,25,28)/t14-,15-,16-,17?,18?/m1/s1. The van der Waals surface area contributed by atoms with Gasteiger partial charge in [-0.3, -0.25) is 9.69 Å². The lowest BCUT2D eigenvalue weighted by Gasteiger charge is -2.42. The maximum absolute atomic E-state index is 11.6. The Bertz CT molecular complexity index is 943. The minimum Gasteiger partial charge on any atom is -0.490 e. The van der Waals surface area contributed by atoms with Gasteiger partial charge in [0.05, 0.1) is 23.7 Å². The Balaban J connectivity index is 1.29. The van der Waals surface area contributed by atoms with Crippen LogP contribution in [0, 0.1) is 0 Å². The van der Waals surface area contributed by atoms with Gasteiger partial charge in [0.25, 0.3) is 0 Å². The number of amides is 1. The van der Waals surface area contributed by atoms with Gasteiger partial charge in [-0.15, -0.1) is 11.3 Å². The zero-order chi connectivity index (χ0) is 21.5. The zero-order valence-corrected chi connectivity index (χ0v) is 19.3. The number of pyridine rings is 1. The van der Waals surface area contributed by atoms with E-state index in [-0.39, 0.29) is 17.9 Å². The Kier molecular flexibility index (Phi) is 5.92. The molecule has 2 aromatic rings. The Labute approximate surface area is 188 Å². The first-order valence-electron chi connectivity index (χ1n) is 11.7. The Morgan fingerprint density at radius 3 is 2.68 bits per heavy atom. The van der Waals surface area contributed by atoms with E-state index in [4.69, 9.17) is 15.2 Å². The molecule has 7 heteroatoms. The van der Waals surface area contributed by atoms with Crippen LogP contribution >= 0.6 is 11.3 Å². The van der Waals surface area contributed by atoms with Crippen molar-refractivity contribution in [2.24, 2.45) is 5.73 Å². The molecule has 2 aliphatic carbocycles. The molecule has 0 aromatic carbocycles. The predicted molar refractivity (Wildman–Crippen MR) is 123 cm³/mol. The fourth-order valence-corrected chi connectivity index (χ4v) is 7.16. The molecule has 3 heterocycles. The van der Waals surface area contributed by atoms with Gasteiger partial charge >= 0.3 is 0 Å². The maximum atomic E-state index is 11.6. The lowest BCUT2D eigenvalue weighted by atomic mass is 9.91. The molecule has 2 fully saturated rings. The van der Waals surface area contributed by atoms with Crippen molar-refractivity contribution in [2.45, 2.75) is 89.1 Å². The van der Waals surface area contributed by atoms with Gasteiger partial charge in [-0.2, -0.15) is 0 Å². The molecule has 3 atom stereocenters. The van der Waals surface area contributed by atoms with Crippen LogP contribution in [0.2, 0.25) is 0 Å². The highest BCUT2D eigenvalue weighted by molar-refractivity contribution is 7.19. The number of morpholine rings is 1. The third-order valence-corrected chi connectivity index (χ3v) is 8.32. The Morgan fingerprint density at radius 1 is 1.23 bits per heavy atom. The highest BCUT2D eigenvalue weighted by atomic mass is 32.1. The summed E-state index contributed by atoms with van der Waals surface area (Å²) in [5.41, 5.74) is 6.80. The molecule has 1 amide bonds. The number of nitrogens with zero attached hydrogens (tertiary/aromatic N) is 2. The first-order valence-corrected chi connectivity index (χ1v) is 12.5. The van der Waals surface area contributed by atoms with Crippen molar-refractivity contribution >= 4 is 27.5 Å². The normalized spacial score (nSPS) is 31.6. The fourth-order valence-electron chi connectivity index (χ4n) is 5.90. The summed E-state index contributed by atoms with van der Waals surface area (Å²) in [4.78, 5) is 21.2. The molecule has 0 bridgehead atoms. The van der Waals surface area contributed by atoms with Crippen LogP contribution in [-0.2, 0) is 16.0 Å². The predicted octanol–water partition coefficient (Wildman–Crippen LogP) is 4.00. The third kappa shape index (κ3) is 4.32. The molecular weight excluding hydrogens is 410 g/mol. The summed E-state index contributed by atoms with van der Waals surface area (Å²) in [6, 6.07) is 2.64. The Morgan fingerprint density at radius 2 is 1.97 bits per heavy atom. The number of hydrogen-bond acceptors (Lipinski definition) is 6. The molecule has 5 rings (SSSR count). The topological polar surface area (TPSA) is 77.7 Å². The number of nitrogens with two attached hydrogens (primary N) is 1. The second-order valence-electron chi connectivity index (χ2n) is 9.59. The molecule has 6 nitrogen and oxygen atoms in total. The Hall–Kier alpha value is -1.70. The summed E-state index contributed by atoms with van der Waals surface area (Å²) in [5, 5.41) is 1.13. The largest absolute Gasteiger partial charge is 0.490 e. The summed E-state index contributed by atoms with van der Waals surface area (Å²) < 4.78 is 12.5. The third-order valence-electron chi connectivity index (χ3n) is 7.14. The molecular formula is C24H33N3O3S. The van der Waals surface area contributed by atoms with Gasteiger partial charge in [0.2, 0.25) is 5.91 Å². The van der Waals surface area contributed by atoms with E-state index >= 15 is 0 Å². The maximum Gasteiger partial charge on any atom is 0.218 e. The summed E-state index contributed by atoms with van der Waals surface area (Å²) in [6.07, 6.45) is 9.64. The highest BCUT2D eigenvalue weighted by Crippen LogP contribution is 2.48.